The third kappa shape index (κ3) is 3.24. The first-order chi connectivity index (χ1) is 14.2. The number of aromatic nitrogens is 1. The second-order valence-corrected chi connectivity index (χ2v) is 7.93. The smallest absolute Gasteiger partial charge is 0.410 e. The highest BCUT2D eigenvalue weighted by molar-refractivity contribution is 5.94. The lowest BCUT2D eigenvalue weighted by molar-refractivity contribution is 0.0977. The lowest BCUT2D eigenvalue weighted by Gasteiger charge is -2.20. The highest BCUT2D eigenvalue weighted by Gasteiger charge is 2.27. The number of hydrogen-bond acceptors (Lipinski definition) is 3. The molecule has 2 aliphatic rings. The van der Waals surface area contributed by atoms with Crippen molar-refractivity contribution >= 4 is 17.0 Å². The molecule has 1 aliphatic heterocycles. The van der Waals surface area contributed by atoms with Crippen molar-refractivity contribution in [1.29, 1.82) is 0 Å². The summed E-state index contributed by atoms with van der Waals surface area (Å²) in [7, 11) is 1.75. The van der Waals surface area contributed by atoms with Crippen molar-refractivity contribution in [2.24, 2.45) is 0 Å². The zero-order valence-electron chi connectivity index (χ0n) is 16.8. The van der Waals surface area contributed by atoms with Crippen molar-refractivity contribution in [3.8, 4) is 5.75 Å². The number of aromatic amines is 1. The standard InChI is InChI=1S/C24H26N2O3/c1-28-21-14-17-8-5-9-18(17)23-22(21)19-10-12-26(13-11-20(19)25-23)24(27)29-15-16-6-3-2-4-7-16/h2-4,6-7,14,25H,5,8-13,15H2,1H3. The summed E-state index contributed by atoms with van der Waals surface area (Å²) in [6.07, 6.45) is 4.85. The van der Waals surface area contributed by atoms with Crippen LogP contribution in [0.1, 0.15) is 34.4 Å². The number of H-pyrrole nitrogens is 1. The molecule has 0 fully saturated rings. The van der Waals surface area contributed by atoms with Crippen molar-refractivity contribution in [2.75, 3.05) is 20.2 Å². The van der Waals surface area contributed by atoms with Crippen LogP contribution < -0.4 is 4.74 Å². The van der Waals surface area contributed by atoms with Crippen molar-refractivity contribution < 1.29 is 14.3 Å². The molecule has 150 valence electrons. The van der Waals surface area contributed by atoms with E-state index in [0.717, 1.165) is 37.0 Å². The van der Waals surface area contributed by atoms with Crippen molar-refractivity contribution in [2.45, 2.75) is 38.7 Å². The minimum atomic E-state index is -0.240. The molecular formula is C24H26N2O3. The van der Waals surface area contributed by atoms with Gasteiger partial charge in [-0.25, -0.2) is 4.79 Å². The lowest BCUT2D eigenvalue weighted by atomic mass is 10.0. The number of methoxy groups -OCH3 is 1. The summed E-state index contributed by atoms with van der Waals surface area (Å²) in [6, 6.07) is 12.0. The number of ether oxygens (including phenoxy) is 2. The summed E-state index contributed by atoms with van der Waals surface area (Å²) in [4.78, 5) is 18.1. The maximum Gasteiger partial charge on any atom is 0.410 e. The fourth-order valence-corrected chi connectivity index (χ4v) is 4.78. The highest BCUT2D eigenvalue weighted by atomic mass is 16.6. The normalized spacial score (nSPS) is 15.7. The van der Waals surface area contributed by atoms with Gasteiger partial charge in [-0.05, 0) is 54.0 Å². The van der Waals surface area contributed by atoms with Crippen LogP contribution in [0.2, 0.25) is 0 Å². The first-order valence-electron chi connectivity index (χ1n) is 10.4. The van der Waals surface area contributed by atoms with Crippen LogP contribution >= 0.6 is 0 Å². The van der Waals surface area contributed by atoms with E-state index >= 15 is 0 Å². The van der Waals surface area contributed by atoms with Gasteiger partial charge in [-0.1, -0.05) is 30.3 Å². The monoisotopic (exact) mass is 390 g/mol. The van der Waals surface area contributed by atoms with Gasteiger partial charge in [-0.15, -0.1) is 0 Å². The Morgan fingerprint density at radius 3 is 2.72 bits per heavy atom. The summed E-state index contributed by atoms with van der Waals surface area (Å²) < 4.78 is 11.3. The van der Waals surface area contributed by atoms with Gasteiger partial charge in [0.05, 0.1) is 12.6 Å². The van der Waals surface area contributed by atoms with E-state index < -0.39 is 0 Å². The molecule has 1 aromatic heterocycles. The molecule has 0 unspecified atom stereocenters. The molecule has 3 aromatic rings. The van der Waals surface area contributed by atoms with Gasteiger partial charge < -0.3 is 19.4 Å². The van der Waals surface area contributed by atoms with Gasteiger partial charge in [-0.2, -0.15) is 0 Å². The molecule has 0 saturated heterocycles. The third-order valence-corrected chi connectivity index (χ3v) is 6.25. The molecule has 1 amide bonds. The van der Waals surface area contributed by atoms with Gasteiger partial charge >= 0.3 is 6.09 Å². The summed E-state index contributed by atoms with van der Waals surface area (Å²) in [5.41, 5.74) is 7.65. The molecule has 0 spiro atoms. The molecule has 2 heterocycles. The largest absolute Gasteiger partial charge is 0.496 e. The third-order valence-electron chi connectivity index (χ3n) is 6.25. The number of hydrogen-bond donors (Lipinski definition) is 1. The zero-order valence-corrected chi connectivity index (χ0v) is 16.8. The van der Waals surface area contributed by atoms with Gasteiger partial charge in [-0.3, -0.25) is 0 Å². The Kier molecular flexibility index (Phi) is 4.66. The Labute approximate surface area is 170 Å². The molecule has 29 heavy (non-hydrogen) atoms. The Morgan fingerprint density at radius 1 is 1.07 bits per heavy atom. The minimum absolute atomic E-state index is 0.240. The molecule has 1 aliphatic carbocycles. The van der Waals surface area contributed by atoms with Crippen LogP contribution in [0.4, 0.5) is 4.79 Å². The molecule has 5 nitrogen and oxygen atoms in total. The van der Waals surface area contributed by atoms with Gasteiger partial charge in [0.1, 0.15) is 12.4 Å². The summed E-state index contributed by atoms with van der Waals surface area (Å²) in [6.45, 7) is 1.64. The summed E-state index contributed by atoms with van der Waals surface area (Å²) in [5.74, 6) is 0.957. The van der Waals surface area contributed by atoms with Crippen LogP contribution in [-0.2, 0) is 37.0 Å². The maximum atomic E-state index is 12.6. The van der Waals surface area contributed by atoms with Crippen LogP contribution in [0.5, 0.6) is 5.75 Å². The predicted molar refractivity (Wildman–Crippen MR) is 112 cm³/mol. The number of nitrogens with zero attached hydrogens (tertiary/aromatic N) is 1. The van der Waals surface area contributed by atoms with E-state index in [2.05, 4.69) is 11.1 Å². The molecule has 0 bridgehead atoms. The highest BCUT2D eigenvalue weighted by Crippen LogP contribution is 2.40. The molecule has 0 saturated carbocycles. The van der Waals surface area contributed by atoms with Gasteiger partial charge in [0.25, 0.3) is 0 Å². The SMILES string of the molecule is COc1cc2c(c3[nH]c4c(c13)CCN(C(=O)OCc1ccccc1)CC4)CCC2. The second-order valence-electron chi connectivity index (χ2n) is 7.93. The van der Waals surface area contributed by atoms with E-state index in [4.69, 9.17) is 9.47 Å². The number of nitrogens with one attached hydrogen (secondary N) is 1. The first-order valence-corrected chi connectivity index (χ1v) is 10.4. The van der Waals surface area contributed by atoms with Gasteiger partial charge in [0.2, 0.25) is 0 Å². The topological polar surface area (TPSA) is 54.6 Å². The van der Waals surface area contributed by atoms with Crippen LogP contribution in [0.15, 0.2) is 36.4 Å². The molecule has 5 rings (SSSR count). The Hall–Kier alpha value is -2.95. The molecular weight excluding hydrogens is 364 g/mol. The van der Waals surface area contributed by atoms with E-state index in [-0.39, 0.29) is 6.09 Å². The van der Waals surface area contributed by atoms with Gasteiger partial charge in [0.15, 0.2) is 0 Å². The van der Waals surface area contributed by atoms with E-state index in [9.17, 15) is 4.79 Å². The fourth-order valence-electron chi connectivity index (χ4n) is 4.78. The fraction of sp³-hybridized carbons (Fsp3) is 0.375. The Morgan fingerprint density at radius 2 is 1.90 bits per heavy atom. The van der Waals surface area contributed by atoms with E-state index in [1.807, 2.05) is 35.2 Å². The zero-order chi connectivity index (χ0) is 19.8. The van der Waals surface area contributed by atoms with E-state index in [1.165, 1.54) is 39.7 Å². The minimum Gasteiger partial charge on any atom is -0.496 e. The Balaban J connectivity index is 1.36. The number of carbonyl (C=O) groups excluding carboxylic acids is 1. The molecule has 5 heteroatoms. The second kappa shape index (κ2) is 7.47. The average Bonchev–Trinajstić information content (AvgIpc) is 3.31. The molecule has 0 atom stereocenters. The van der Waals surface area contributed by atoms with Crippen molar-refractivity contribution in [3.05, 3.63) is 64.3 Å². The maximum absolute atomic E-state index is 12.6. The van der Waals surface area contributed by atoms with E-state index in [0.29, 0.717) is 19.7 Å². The molecule has 0 radical (unpaired) electrons. The summed E-state index contributed by atoms with van der Waals surface area (Å²) in [5, 5.41) is 1.21. The number of amides is 1. The number of benzene rings is 2. The number of carbonyl (C=O) groups is 1. The molecule has 1 N–H and O–H groups in total. The number of fused-ring (bicyclic) bond motifs is 5. The van der Waals surface area contributed by atoms with Crippen molar-refractivity contribution in [3.63, 3.8) is 0 Å². The predicted octanol–water partition coefficient (Wildman–Crippen LogP) is 4.40. The van der Waals surface area contributed by atoms with Crippen LogP contribution in [0.25, 0.3) is 10.9 Å². The average molecular weight is 390 g/mol. The lowest BCUT2D eigenvalue weighted by Crippen LogP contribution is -2.33. The quantitative estimate of drug-likeness (QED) is 0.721. The van der Waals surface area contributed by atoms with E-state index in [1.54, 1.807) is 7.11 Å². The number of aryl methyl sites for hydroxylation is 2. The Bertz CT molecular complexity index is 1060. The van der Waals surface area contributed by atoms with Crippen LogP contribution in [0.3, 0.4) is 0 Å². The van der Waals surface area contributed by atoms with Crippen molar-refractivity contribution in [1.82, 2.24) is 9.88 Å². The first kappa shape index (κ1) is 18.1. The van der Waals surface area contributed by atoms with Crippen LogP contribution in [0, 0.1) is 0 Å². The van der Waals surface area contributed by atoms with Crippen LogP contribution in [-0.4, -0.2) is 36.2 Å². The number of rotatable bonds is 3. The summed E-state index contributed by atoms with van der Waals surface area (Å²) >= 11 is 0. The van der Waals surface area contributed by atoms with Gasteiger partial charge in [0, 0.05) is 30.6 Å². The molecule has 2 aromatic carbocycles.